The van der Waals surface area contributed by atoms with Gasteiger partial charge in [0, 0.05) is 24.2 Å². The molecule has 1 rings (SSSR count). The summed E-state index contributed by atoms with van der Waals surface area (Å²) in [6, 6.07) is 5.68. The van der Waals surface area contributed by atoms with Crippen LogP contribution in [0.2, 0.25) is 0 Å². The Labute approximate surface area is 128 Å². The molecule has 1 N–H and O–H groups in total. The second kappa shape index (κ2) is 6.78. The minimum absolute atomic E-state index is 0.00238. The zero-order valence-corrected chi connectivity index (χ0v) is 13.8. The summed E-state index contributed by atoms with van der Waals surface area (Å²) in [6.45, 7) is 10.2. The summed E-state index contributed by atoms with van der Waals surface area (Å²) in [5, 5.41) is 8.76. The average Bonchev–Trinajstić information content (AvgIpc) is 2.43. The van der Waals surface area contributed by atoms with Crippen LogP contribution >= 0.6 is 0 Å². The molecule has 1 atom stereocenters. The molecule has 0 aliphatic rings. The van der Waals surface area contributed by atoms with Crippen LogP contribution in [0.5, 0.6) is 0 Å². The molecule has 0 saturated heterocycles. The number of carbonyl (C=O) groups is 1. The molecule has 0 aliphatic heterocycles. The number of aliphatic hydroxyl groups is 1. The molecule has 114 valence electrons. The first-order valence-corrected chi connectivity index (χ1v) is 7.16. The molecule has 3 heteroatoms. The number of carbonyl (C=O) groups excluding carboxylic acids is 1. The Bertz CT molecular complexity index is 573. The second-order valence-corrected chi connectivity index (χ2v) is 6.45. The van der Waals surface area contributed by atoms with Crippen molar-refractivity contribution in [1.29, 1.82) is 0 Å². The van der Waals surface area contributed by atoms with E-state index in [4.69, 9.17) is 5.11 Å². The van der Waals surface area contributed by atoms with Crippen LogP contribution in [-0.2, 0) is 0 Å². The molecular formula is C18H25NO2. The molecule has 0 bridgehead atoms. The third-order valence-electron chi connectivity index (χ3n) is 3.93. The van der Waals surface area contributed by atoms with Crippen LogP contribution in [0, 0.1) is 24.2 Å². The number of hydrogen-bond donors (Lipinski definition) is 1. The maximum atomic E-state index is 12.7. The smallest absolute Gasteiger partial charge is 0.254 e. The fourth-order valence-corrected chi connectivity index (χ4v) is 2.02. The highest BCUT2D eigenvalue weighted by atomic mass is 16.2. The fourth-order valence-electron chi connectivity index (χ4n) is 2.02. The third-order valence-corrected chi connectivity index (χ3v) is 3.93. The van der Waals surface area contributed by atoms with Crippen LogP contribution in [0.25, 0.3) is 0 Å². The molecule has 21 heavy (non-hydrogen) atoms. The topological polar surface area (TPSA) is 40.5 Å². The van der Waals surface area contributed by atoms with Crippen molar-refractivity contribution in [3.05, 3.63) is 34.9 Å². The quantitative estimate of drug-likeness (QED) is 0.850. The number of aliphatic hydroxyl groups excluding tert-OH is 1. The summed E-state index contributed by atoms with van der Waals surface area (Å²) < 4.78 is 0. The van der Waals surface area contributed by atoms with Gasteiger partial charge < -0.3 is 10.0 Å². The van der Waals surface area contributed by atoms with E-state index in [9.17, 15) is 4.79 Å². The van der Waals surface area contributed by atoms with Gasteiger partial charge in [-0.3, -0.25) is 4.79 Å². The van der Waals surface area contributed by atoms with Crippen molar-refractivity contribution in [3.8, 4) is 11.8 Å². The van der Waals surface area contributed by atoms with E-state index in [1.54, 1.807) is 11.0 Å². The molecule has 3 nitrogen and oxygen atoms in total. The van der Waals surface area contributed by atoms with Gasteiger partial charge in [-0.25, -0.2) is 0 Å². The van der Waals surface area contributed by atoms with E-state index >= 15 is 0 Å². The maximum absolute atomic E-state index is 12.7. The lowest BCUT2D eigenvalue weighted by Gasteiger charge is -2.35. The molecule has 0 heterocycles. The third kappa shape index (κ3) is 4.34. The van der Waals surface area contributed by atoms with Gasteiger partial charge in [-0.2, -0.15) is 0 Å². The molecule has 0 saturated carbocycles. The minimum Gasteiger partial charge on any atom is -0.384 e. The van der Waals surface area contributed by atoms with Gasteiger partial charge in [-0.1, -0.05) is 38.7 Å². The SMILES string of the molecule is Cc1ccc(C#CCO)cc1C(=O)N(C)C(C)C(C)(C)C. The van der Waals surface area contributed by atoms with Gasteiger partial charge in [0.15, 0.2) is 0 Å². The molecular weight excluding hydrogens is 262 g/mol. The lowest BCUT2D eigenvalue weighted by molar-refractivity contribution is 0.0628. The van der Waals surface area contributed by atoms with E-state index in [1.807, 2.05) is 26.1 Å². The summed E-state index contributed by atoms with van der Waals surface area (Å²) in [4.78, 5) is 14.5. The van der Waals surface area contributed by atoms with Crippen LogP contribution in [0.4, 0.5) is 0 Å². The average molecular weight is 287 g/mol. The highest BCUT2D eigenvalue weighted by Crippen LogP contribution is 2.25. The van der Waals surface area contributed by atoms with Gasteiger partial charge in [0.05, 0.1) is 0 Å². The van der Waals surface area contributed by atoms with E-state index < -0.39 is 0 Å². The molecule has 0 radical (unpaired) electrons. The van der Waals surface area contributed by atoms with Crippen molar-refractivity contribution in [1.82, 2.24) is 4.90 Å². The van der Waals surface area contributed by atoms with E-state index in [0.717, 1.165) is 11.1 Å². The molecule has 0 aromatic heterocycles. The molecule has 1 aromatic carbocycles. The van der Waals surface area contributed by atoms with Crippen molar-refractivity contribution >= 4 is 5.91 Å². The minimum atomic E-state index is -0.182. The first kappa shape index (κ1) is 17.3. The van der Waals surface area contributed by atoms with Gasteiger partial charge >= 0.3 is 0 Å². The van der Waals surface area contributed by atoms with Crippen LogP contribution in [0.3, 0.4) is 0 Å². The lowest BCUT2D eigenvalue weighted by Crippen LogP contribution is -2.43. The Hall–Kier alpha value is -1.79. The van der Waals surface area contributed by atoms with Crippen LogP contribution in [0.1, 0.15) is 49.2 Å². The van der Waals surface area contributed by atoms with Crippen LogP contribution in [0.15, 0.2) is 18.2 Å². The molecule has 1 aromatic rings. The largest absolute Gasteiger partial charge is 0.384 e. The van der Waals surface area contributed by atoms with Crippen molar-refractivity contribution in [2.45, 2.75) is 40.7 Å². The molecule has 0 aliphatic carbocycles. The van der Waals surface area contributed by atoms with Crippen LogP contribution < -0.4 is 0 Å². The molecule has 0 fully saturated rings. The van der Waals surface area contributed by atoms with Crippen molar-refractivity contribution in [3.63, 3.8) is 0 Å². The maximum Gasteiger partial charge on any atom is 0.254 e. The van der Waals surface area contributed by atoms with E-state index in [-0.39, 0.29) is 24.0 Å². The van der Waals surface area contributed by atoms with Crippen molar-refractivity contribution in [2.24, 2.45) is 5.41 Å². The predicted molar refractivity (Wildman–Crippen MR) is 86.2 cm³/mol. The van der Waals surface area contributed by atoms with Gasteiger partial charge in [0.1, 0.15) is 6.61 Å². The zero-order chi connectivity index (χ0) is 16.2. The predicted octanol–water partition coefficient (Wildman–Crippen LogP) is 2.85. The molecule has 1 amide bonds. The Morgan fingerprint density at radius 3 is 2.52 bits per heavy atom. The highest BCUT2D eigenvalue weighted by molar-refractivity contribution is 5.96. The van der Waals surface area contributed by atoms with E-state index in [2.05, 4.69) is 39.5 Å². The number of rotatable bonds is 2. The number of amides is 1. The summed E-state index contributed by atoms with van der Waals surface area (Å²) >= 11 is 0. The summed E-state index contributed by atoms with van der Waals surface area (Å²) in [5.41, 5.74) is 2.36. The monoisotopic (exact) mass is 287 g/mol. The Morgan fingerprint density at radius 2 is 2.00 bits per heavy atom. The number of benzene rings is 1. The van der Waals surface area contributed by atoms with E-state index in [1.165, 1.54) is 0 Å². The van der Waals surface area contributed by atoms with E-state index in [0.29, 0.717) is 5.56 Å². The summed E-state index contributed by atoms with van der Waals surface area (Å²) in [5.74, 6) is 5.45. The Kier molecular flexibility index (Phi) is 5.57. The van der Waals surface area contributed by atoms with Gasteiger partial charge in [0.2, 0.25) is 0 Å². The number of hydrogen-bond acceptors (Lipinski definition) is 2. The van der Waals surface area contributed by atoms with Crippen molar-refractivity contribution in [2.75, 3.05) is 13.7 Å². The highest BCUT2D eigenvalue weighted by Gasteiger charge is 2.28. The standard InChI is InChI=1S/C18H25NO2/c1-13-9-10-15(8-7-11-20)12-16(13)17(21)19(6)14(2)18(3,4)5/h9-10,12,14,20H,11H2,1-6H3. The Balaban J connectivity index is 3.12. The fraction of sp³-hybridized carbons (Fsp3) is 0.500. The van der Waals surface area contributed by atoms with Gasteiger partial charge in [0.25, 0.3) is 5.91 Å². The van der Waals surface area contributed by atoms with Gasteiger partial charge in [-0.05, 0) is 37.0 Å². The normalized spacial score (nSPS) is 12.3. The van der Waals surface area contributed by atoms with Gasteiger partial charge in [-0.15, -0.1) is 0 Å². The lowest BCUT2D eigenvalue weighted by atomic mass is 9.86. The molecule has 1 unspecified atom stereocenters. The Morgan fingerprint density at radius 1 is 1.38 bits per heavy atom. The number of aryl methyl sites for hydroxylation is 1. The second-order valence-electron chi connectivity index (χ2n) is 6.45. The first-order chi connectivity index (χ1) is 9.68. The van der Waals surface area contributed by atoms with Crippen molar-refractivity contribution < 1.29 is 9.90 Å². The van der Waals surface area contributed by atoms with Crippen LogP contribution in [-0.4, -0.2) is 35.6 Å². The number of nitrogens with zero attached hydrogens (tertiary/aromatic N) is 1. The zero-order valence-electron chi connectivity index (χ0n) is 13.8. The summed E-state index contributed by atoms with van der Waals surface area (Å²) in [7, 11) is 1.84. The first-order valence-electron chi connectivity index (χ1n) is 7.16. The molecule has 0 spiro atoms. The summed E-state index contributed by atoms with van der Waals surface area (Å²) in [6.07, 6.45) is 0.